The largest absolute Gasteiger partial charge is 0.342 e. The summed E-state index contributed by atoms with van der Waals surface area (Å²) < 4.78 is 28.8. The molecular weight excluding hydrogens is 371 g/mol. The van der Waals surface area contributed by atoms with Crippen LogP contribution in [0.25, 0.3) is 10.9 Å². The number of aryl methyl sites for hydroxylation is 1. The van der Waals surface area contributed by atoms with Gasteiger partial charge in [0.15, 0.2) is 5.82 Å². The Morgan fingerprint density at radius 3 is 2.62 bits per heavy atom. The van der Waals surface area contributed by atoms with Crippen LogP contribution in [-0.4, -0.2) is 4.98 Å². The van der Waals surface area contributed by atoms with E-state index in [0.717, 1.165) is 12.8 Å². The molecule has 6 heteroatoms. The summed E-state index contributed by atoms with van der Waals surface area (Å²) in [5, 5.41) is 0.879. The molecule has 3 rings (SSSR count). The van der Waals surface area contributed by atoms with Gasteiger partial charge in [0, 0.05) is 10.3 Å². The second-order valence-corrected chi connectivity index (χ2v) is 7.32. The molecule has 0 radical (unpaired) electrons. The highest BCUT2D eigenvalue weighted by Gasteiger charge is 2.18. The molecule has 0 fully saturated rings. The summed E-state index contributed by atoms with van der Waals surface area (Å²) in [5.74, 6) is -0.795. The first-order valence-electron chi connectivity index (χ1n) is 7.63. The van der Waals surface area contributed by atoms with E-state index in [1.807, 2.05) is 6.07 Å². The van der Waals surface area contributed by atoms with Gasteiger partial charge in [-0.05, 0) is 36.6 Å². The minimum Gasteiger partial charge on any atom is -0.342 e. The van der Waals surface area contributed by atoms with E-state index in [-0.39, 0.29) is 21.5 Å². The molecule has 0 aliphatic carbocycles. The number of hydrogen-bond donors (Lipinski definition) is 1. The van der Waals surface area contributed by atoms with Crippen LogP contribution in [0.4, 0.5) is 8.78 Å². The predicted molar refractivity (Wildman–Crippen MR) is 97.4 cm³/mol. The summed E-state index contributed by atoms with van der Waals surface area (Å²) in [6.07, 6.45) is 2.64. The van der Waals surface area contributed by atoms with Gasteiger partial charge in [0.25, 0.3) is 0 Å². The van der Waals surface area contributed by atoms with E-state index in [4.69, 9.17) is 23.2 Å². The van der Waals surface area contributed by atoms with E-state index < -0.39 is 5.82 Å². The van der Waals surface area contributed by atoms with Crippen LogP contribution in [0.1, 0.15) is 25.3 Å². The summed E-state index contributed by atoms with van der Waals surface area (Å²) in [5.41, 5.74) is 0.921. The molecule has 126 valence electrons. The van der Waals surface area contributed by atoms with Gasteiger partial charge in [0.05, 0.1) is 15.4 Å². The van der Waals surface area contributed by atoms with Crippen molar-refractivity contribution in [3.05, 3.63) is 57.7 Å². The fraction of sp³-hybridized carbons (Fsp3) is 0.222. The minimum atomic E-state index is -0.555. The standard InChI is InChI=1S/C18H15Cl2F2NS/c1-2-3-5-10-6-4-7-13(14(10)21)24-17-11-8-9-12(19)15(22)16(11)23-18(17)20/h4,6-9,23H,2-3,5H2,1H3. The number of aromatic amines is 1. The van der Waals surface area contributed by atoms with Crippen LogP contribution >= 0.6 is 35.0 Å². The topological polar surface area (TPSA) is 15.8 Å². The van der Waals surface area contributed by atoms with Gasteiger partial charge >= 0.3 is 0 Å². The summed E-state index contributed by atoms with van der Waals surface area (Å²) >= 11 is 13.2. The lowest BCUT2D eigenvalue weighted by Crippen LogP contribution is -1.92. The molecule has 0 unspecified atom stereocenters. The normalized spacial score (nSPS) is 11.4. The average molecular weight is 386 g/mol. The van der Waals surface area contributed by atoms with E-state index in [0.29, 0.717) is 27.2 Å². The molecule has 0 saturated heterocycles. The number of hydrogen-bond acceptors (Lipinski definition) is 1. The highest BCUT2D eigenvalue weighted by Crippen LogP contribution is 2.42. The van der Waals surface area contributed by atoms with Gasteiger partial charge in [0.1, 0.15) is 11.0 Å². The smallest absolute Gasteiger partial charge is 0.165 e. The van der Waals surface area contributed by atoms with Gasteiger partial charge in [-0.2, -0.15) is 0 Å². The number of halogens is 4. The van der Waals surface area contributed by atoms with E-state index in [2.05, 4.69) is 11.9 Å². The van der Waals surface area contributed by atoms with Crippen molar-refractivity contribution >= 4 is 45.9 Å². The van der Waals surface area contributed by atoms with Gasteiger partial charge < -0.3 is 4.98 Å². The summed E-state index contributed by atoms with van der Waals surface area (Å²) in [6, 6.07) is 8.49. The zero-order chi connectivity index (χ0) is 17.3. The lowest BCUT2D eigenvalue weighted by molar-refractivity contribution is 0.579. The molecule has 1 nitrogen and oxygen atoms in total. The number of H-pyrrole nitrogens is 1. The summed E-state index contributed by atoms with van der Waals surface area (Å²) in [6.45, 7) is 2.07. The van der Waals surface area contributed by atoms with Crippen molar-refractivity contribution < 1.29 is 8.78 Å². The molecule has 0 amide bonds. The van der Waals surface area contributed by atoms with E-state index >= 15 is 0 Å². The van der Waals surface area contributed by atoms with Crippen molar-refractivity contribution in [2.75, 3.05) is 0 Å². The number of unbranched alkanes of at least 4 members (excludes halogenated alkanes) is 1. The SMILES string of the molecule is CCCCc1cccc(Sc2c(Cl)[nH]c3c(F)c(Cl)ccc23)c1F. The Morgan fingerprint density at radius 2 is 1.88 bits per heavy atom. The first-order chi connectivity index (χ1) is 11.5. The van der Waals surface area contributed by atoms with Crippen molar-refractivity contribution in [2.45, 2.75) is 36.0 Å². The van der Waals surface area contributed by atoms with E-state index in [1.54, 1.807) is 18.2 Å². The zero-order valence-electron chi connectivity index (χ0n) is 12.9. The number of benzene rings is 2. The molecular formula is C18H15Cl2F2NS. The molecule has 1 heterocycles. The maximum atomic E-state index is 14.7. The van der Waals surface area contributed by atoms with Crippen molar-refractivity contribution in [1.82, 2.24) is 4.98 Å². The number of rotatable bonds is 5. The van der Waals surface area contributed by atoms with Gasteiger partial charge in [-0.15, -0.1) is 0 Å². The first kappa shape index (κ1) is 17.6. The summed E-state index contributed by atoms with van der Waals surface area (Å²) in [4.78, 5) is 3.85. The van der Waals surface area contributed by atoms with Crippen molar-refractivity contribution in [1.29, 1.82) is 0 Å². The first-order valence-corrected chi connectivity index (χ1v) is 9.20. The highest BCUT2D eigenvalue weighted by molar-refractivity contribution is 7.99. The van der Waals surface area contributed by atoms with Crippen LogP contribution < -0.4 is 0 Å². The van der Waals surface area contributed by atoms with Crippen molar-refractivity contribution in [2.24, 2.45) is 0 Å². The Bertz CT molecular complexity index is 892. The molecule has 0 atom stereocenters. The fourth-order valence-electron chi connectivity index (χ4n) is 2.55. The number of aromatic nitrogens is 1. The number of fused-ring (bicyclic) bond motifs is 1. The van der Waals surface area contributed by atoms with Crippen LogP contribution in [0.15, 0.2) is 40.1 Å². The lowest BCUT2D eigenvalue weighted by Gasteiger charge is -2.08. The van der Waals surface area contributed by atoms with E-state index in [1.165, 1.54) is 17.8 Å². The predicted octanol–water partition coefficient (Wildman–Crippen LogP) is 7.25. The van der Waals surface area contributed by atoms with Crippen LogP contribution in [-0.2, 0) is 6.42 Å². The molecule has 0 saturated carbocycles. The number of nitrogens with one attached hydrogen (secondary N) is 1. The van der Waals surface area contributed by atoms with Gasteiger partial charge in [-0.25, -0.2) is 8.78 Å². The zero-order valence-corrected chi connectivity index (χ0v) is 15.3. The van der Waals surface area contributed by atoms with Crippen molar-refractivity contribution in [3.8, 4) is 0 Å². The van der Waals surface area contributed by atoms with E-state index in [9.17, 15) is 8.78 Å². The third-order valence-corrected chi connectivity index (χ3v) is 5.68. The molecule has 0 bridgehead atoms. The minimum absolute atomic E-state index is 0.0183. The van der Waals surface area contributed by atoms with Gasteiger partial charge in [-0.1, -0.05) is 60.4 Å². The second-order valence-electron chi connectivity index (χ2n) is 5.49. The average Bonchev–Trinajstić information content (AvgIpc) is 2.88. The second kappa shape index (κ2) is 7.34. The van der Waals surface area contributed by atoms with Crippen LogP contribution in [0.2, 0.25) is 10.2 Å². The lowest BCUT2D eigenvalue weighted by atomic mass is 10.1. The van der Waals surface area contributed by atoms with Crippen LogP contribution in [0.5, 0.6) is 0 Å². The van der Waals surface area contributed by atoms with Crippen LogP contribution in [0.3, 0.4) is 0 Å². The molecule has 24 heavy (non-hydrogen) atoms. The molecule has 0 aliphatic heterocycles. The monoisotopic (exact) mass is 385 g/mol. The van der Waals surface area contributed by atoms with Crippen molar-refractivity contribution in [3.63, 3.8) is 0 Å². The molecule has 1 aromatic heterocycles. The van der Waals surface area contributed by atoms with Gasteiger partial charge in [0.2, 0.25) is 0 Å². The Morgan fingerprint density at radius 1 is 1.08 bits per heavy atom. The quantitative estimate of drug-likeness (QED) is 0.488. The molecule has 1 N–H and O–H groups in total. The Kier molecular flexibility index (Phi) is 5.38. The Hall–Kier alpha value is -1.23. The molecule has 0 spiro atoms. The maximum Gasteiger partial charge on any atom is 0.165 e. The molecule has 2 aromatic carbocycles. The molecule has 0 aliphatic rings. The molecule has 3 aromatic rings. The Labute approximate surface area is 153 Å². The fourth-order valence-corrected chi connectivity index (χ4v) is 4.03. The Balaban J connectivity index is 2.02. The maximum absolute atomic E-state index is 14.7. The van der Waals surface area contributed by atoms with Gasteiger partial charge in [-0.3, -0.25) is 0 Å². The third-order valence-electron chi connectivity index (χ3n) is 3.83. The highest BCUT2D eigenvalue weighted by atomic mass is 35.5. The third kappa shape index (κ3) is 3.28. The van der Waals surface area contributed by atoms with Crippen LogP contribution in [0, 0.1) is 11.6 Å². The summed E-state index contributed by atoms with van der Waals surface area (Å²) in [7, 11) is 0.